The van der Waals surface area contributed by atoms with Crippen LogP contribution in [0.15, 0.2) is 24.4 Å². The van der Waals surface area contributed by atoms with Gasteiger partial charge in [0.25, 0.3) is 5.91 Å². The summed E-state index contributed by atoms with van der Waals surface area (Å²) in [4.78, 5) is 24.3. The first-order valence-electron chi connectivity index (χ1n) is 12.5. The zero-order valence-electron chi connectivity index (χ0n) is 20.7. The van der Waals surface area contributed by atoms with Crippen molar-refractivity contribution in [3.63, 3.8) is 0 Å². The van der Waals surface area contributed by atoms with Gasteiger partial charge in [-0.1, -0.05) is 0 Å². The minimum absolute atomic E-state index is 0.0174. The van der Waals surface area contributed by atoms with Crippen LogP contribution in [0.4, 0.5) is 14.6 Å². The van der Waals surface area contributed by atoms with E-state index in [0.717, 1.165) is 6.20 Å². The van der Waals surface area contributed by atoms with Crippen LogP contribution >= 0.6 is 0 Å². The van der Waals surface area contributed by atoms with Crippen molar-refractivity contribution in [2.75, 3.05) is 25.6 Å². The highest BCUT2D eigenvalue weighted by molar-refractivity contribution is 5.94. The molecular formula is C26H27F2N5O5. The van der Waals surface area contributed by atoms with E-state index in [2.05, 4.69) is 25.6 Å². The number of amides is 1. The summed E-state index contributed by atoms with van der Waals surface area (Å²) in [5.41, 5.74) is 0.0658. The van der Waals surface area contributed by atoms with Crippen LogP contribution in [0.25, 0.3) is 11.0 Å². The van der Waals surface area contributed by atoms with Crippen molar-refractivity contribution in [1.82, 2.24) is 20.3 Å². The predicted molar refractivity (Wildman–Crippen MR) is 131 cm³/mol. The first kappa shape index (κ1) is 24.8. The molecular weight excluding hydrogens is 500 g/mol. The minimum Gasteiger partial charge on any atom is -0.481 e. The van der Waals surface area contributed by atoms with Gasteiger partial charge in [-0.2, -0.15) is 0 Å². The number of nitrogens with zero attached hydrogens (tertiary/aromatic N) is 3. The molecule has 12 heteroatoms. The normalized spacial score (nSPS) is 25.0. The summed E-state index contributed by atoms with van der Waals surface area (Å²) in [5.74, 6) is -0.679. The number of aromatic nitrogens is 3. The molecule has 1 amide bonds. The summed E-state index contributed by atoms with van der Waals surface area (Å²) in [6.07, 6.45) is 2.66. The Balaban J connectivity index is 1.14. The molecule has 3 aliphatic heterocycles. The zero-order chi connectivity index (χ0) is 26.5. The summed E-state index contributed by atoms with van der Waals surface area (Å²) in [7, 11) is 1.48. The topological polar surface area (TPSA) is 128 Å². The van der Waals surface area contributed by atoms with Crippen molar-refractivity contribution in [1.29, 1.82) is 0 Å². The molecule has 6 heterocycles. The van der Waals surface area contributed by atoms with Gasteiger partial charge in [-0.3, -0.25) is 9.78 Å². The van der Waals surface area contributed by atoms with E-state index in [1.54, 1.807) is 12.1 Å². The van der Waals surface area contributed by atoms with Crippen molar-refractivity contribution in [2.24, 2.45) is 0 Å². The molecule has 1 unspecified atom stereocenters. The van der Waals surface area contributed by atoms with Gasteiger partial charge in [-0.25, -0.2) is 18.7 Å². The van der Waals surface area contributed by atoms with Crippen LogP contribution in [0.1, 0.15) is 36.9 Å². The lowest BCUT2D eigenvalue weighted by molar-refractivity contribution is -0.208. The maximum atomic E-state index is 14.8. The highest BCUT2D eigenvalue weighted by Gasteiger charge is 2.53. The molecule has 0 radical (unpaired) electrons. The van der Waals surface area contributed by atoms with Gasteiger partial charge >= 0.3 is 0 Å². The molecule has 38 heavy (non-hydrogen) atoms. The average Bonchev–Trinajstić information content (AvgIpc) is 2.94. The van der Waals surface area contributed by atoms with Gasteiger partial charge < -0.3 is 30.0 Å². The van der Waals surface area contributed by atoms with Crippen LogP contribution in [0, 0.1) is 11.6 Å². The summed E-state index contributed by atoms with van der Waals surface area (Å²) in [6.45, 7) is 0.270. The minimum atomic E-state index is -0.961. The lowest BCUT2D eigenvalue weighted by Gasteiger charge is -2.55. The van der Waals surface area contributed by atoms with Crippen LogP contribution in [0.5, 0.6) is 11.6 Å². The Morgan fingerprint density at radius 1 is 1.21 bits per heavy atom. The number of aliphatic hydroxyl groups is 1. The number of rotatable bonds is 7. The van der Waals surface area contributed by atoms with E-state index in [1.807, 2.05) is 0 Å². The molecule has 1 atom stereocenters. The fourth-order valence-electron chi connectivity index (χ4n) is 5.56. The second-order valence-electron chi connectivity index (χ2n) is 10.1. The number of carbonyl (C=O) groups is 1. The van der Waals surface area contributed by atoms with Crippen LogP contribution in [-0.4, -0.2) is 63.5 Å². The third-order valence-corrected chi connectivity index (χ3v) is 7.90. The maximum absolute atomic E-state index is 14.8. The number of aliphatic hydroxyl groups excluding tert-OH is 1. The molecule has 200 valence electrons. The van der Waals surface area contributed by atoms with E-state index >= 15 is 0 Å². The van der Waals surface area contributed by atoms with Crippen molar-refractivity contribution < 1.29 is 32.9 Å². The number of ether oxygens (including phenoxy) is 3. The van der Waals surface area contributed by atoms with Gasteiger partial charge in [0.2, 0.25) is 5.88 Å². The van der Waals surface area contributed by atoms with Gasteiger partial charge in [0.05, 0.1) is 48.3 Å². The number of nitrogens with one attached hydrogen (secondary N) is 2. The van der Waals surface area contributed by atoms with E-state index in [-0.39, 0.29) is 48.3 Å². The van der Waals surface area contributed by atoms with Gasteiger partial charge in [0.15, 0.2) is 18.2 Å². The predicted octanol–water partition coefficient (Wildman–Crippen LogP) is 2.42. The smallest absolute Gasteiger partial charge is 0.263 e. The fourth-order valence-corrected chi connectivity index (χ4v) is 5.56. The molecule has 7 rings (SSSR count). The molecule has 0 aromatic carbocycles. The van der Waals surface area contributed by atoms with E-state index in [1.165, 1.54) is 13.2 Å². The number of fused-ring (bicyclic) bond motifs is 5. The lowest BCUT2D eigenvalue weighted by atomic mass is 9.68. The SMILES string of the molecule is COc1ccc2ncc(F)c(CC(O)C34CCC(NCc5nc6c(cc5F)OCC(=O)N6)(CC3)CO4)c2n1. The summed E-state index contributed by atoms with van der Waals surface area (Å²) < 4.78 is 46.1. The summed E-state index contributed by atoms with van der Waals surface area (Å²) in [6, 6.07) is 4.58. The number of halogens is 2. The van der Waals surface area contributed by atoms with Gasteiger partial charge in [0.1, 0.15) is 11.6 Å². The van der Waals surface area contributed by atoms with Crippen molar-refractivity contribution in [3.05, 3.63) is 47.3 Å². The molecule has 3 aromatic rings. The molecule has 10 nitrogen and oxygen atoms in total. The van der Waals surface area contributed by atoms with Gasteiger partial charge in [-0.15, -0.1) is 0 Å². The number of anilines is 1. The Morgan fingerprint density at radius 3 is 2.76 bits per heavy atom. The van der Waals surface area contributed by atoms with Crippen LogP contribution in [0.2, 0.25) is 0 Å². The van der Waals surface area contributed by atoms with E-state index < -0.39 is 28.9 Å². The monoisotopic (exact) mass is 527 g/mol. The quantitative estimate of drug-likeness (QED) is 0.424. The Morgan fingerprint density at radius 2 is 2.03 bits per heavy atom. The summed E-state index contributed by atoms with van der Waals surface area (Å²) in [5, 5.41) is 17.3. The third kappa shape index (κ3) is 4.32. The molecule has 4 aliphatic rings. The van der Waals surface area contributed by atoms with Crippen molar-refractivity contribution in [3.8, 4) is 11.6 Å². The lowest BCUT2D eigenvalue weighted by Crippen LogP contribution is -2.65. The molecule has 3 N–H and O–H groups in total. The highest BCUT2D eigenvalue weighted by Crippen LogP contribution is 2.46. The summed E-state index contributed by atoms with van der Waals surface area (Å²) >= 11 is 0. The second kappa shape index (κ2) is 9.37. The van der Waals surface area contributed by atoms with Crippen molar-refractivity contribution in [2.45, 2.75) is 55.9 Å². The van der Waals surface area contributed by atoms with E-state index in [4.69, 9.17) is 14.2 Å². The molecule has 3 aromatic heterocycles. The molecule has 3 fully saturated rings. The first-order valence-corrected chi connectivity index (χ1v) is 12.5. The fraction of sp³-hybridized carbons (Fsp3) is 0.462. The maximum Gasteiger partial charge on any atom is 0.263 e. The van der Waals surface area contributed by atoms with Crippen molar-refractivity contribution >= 4 is 22.8 Å². The number of pyridine rings is 3. The highest BCUT2D eigenvalue weighted by atomic mass is 19.1. The molecule has 2 saturated heterocycles. The van der Waals surface area contributed by atoms with Crippen LogP contribution in [0.3, 0.4) is 0 Å². The molecule has 2 bridgehead atoms. The number of methoxy groups -OCH3 is 1. The van der Waals surface area contributed by atoms with Gasteiger partial charge in [-0.05, 0) is 31.7 Å². The Labute approximate surface area is 216 Å². The largest absolute Gasteiger partial charge is 0.481 e. The number of hydrogen-bond acceptors (Lipinski definition) is 9. The first-order chi connectivity index (χ1) is 18.3. The van der Waals surface area contributed by atoms with Crippen LogP contribution in [-0.2, 0) is 22.5 Å². The number of carbonyl (C=O) groups excluding carboxylic acids is 1. The molecule has 0 spiro atoms. The Bertz CT molecular complexity index is 1400. The molecule has 1 saturated carbocycles. The van der Waals surface area contributed by atoms with Gasteiger partial charge in [0, 0.05) is 36.2 Å². The standard InChI is InChI=1S/C26H27F2N5O5/c1-36-22-3-2-17-23(33-22)14(16(28)10-29-17)8-20(34)26-6-4-25(5-7-26,13-38-26)30-11-18-15(27)9-19-24(31-18)32-21(35)12-37-19/h2-3,9-10,20,30,34H,4-8,11-13H2,1H3,(H,31,32,35). The second-order valence-corrected chi connectivity index (χ2v) is 10.1. The van der Waals surface area contributed by atoms with E-state index in [9.17, 15) is 18.7 Å². The Kier molecular flexibility index (Phi) is 6.12. The third-order valence-electron chi connectivity index (χ3n) is 7.90. The van der Waals surface area contributed by atoms with E-state index in [0.29, 0.717) is 49.2 Å². The Hall–Kier alpha value is -3.48. The van der Waals surface area contributed by atoms with Crippen LogP contribution < -0.4 is 20.1 Å². The molecule has 1 aliphatic carbocycles. The number of hydrogen-bond donors (Lipinski definition) is 3. The zero-order valence-corrected chi connectivity index (χ0v) is 20.7. The average molecular weight is 528 g/mol.